The highest BCUT2D eigenvalue weighted by Crippen LogP contribution is 2.25. The summed E-state index contributed by atoms with van der Waals surface area (Å²) in [6.07, 6.45) is 2.49. The van der Waals surface area contributed by atoms with Gasteiger partial charge in [0.05, 0.1) is 11.0 Å². The lowest BCUT2D eigenvalue weighted by atomic mass is 10.0. The topological polar surface area (TPSA) is 45.1 Å². The van der Waals surface area contributed by atoms with Crippen LogP contribution in [0.15, 0.2) is 36.5 Å². The van der Waals surface area contributed by atoms with Gasteiger partial charge in [0, 0.05) is 12.7 Å². The average molecular weight is 290 g/mol. The molecule has 1 unspecified atom stereocenters. The first-order chi connectivity index (χ1) is 9.66. The first-order valence-electron chi connectivity index (χ1n) is 7.05. The van der Waals surface area contributed by atoms with Gasteiger partial charge in [0.25, 0.3) is 0 Å². The zero-order chi connectivity index (χ0) is 14.4. The maximum Gasteiger partial charge on any atom is 0.107 e. The van der Waals surface area contributed by atoms with E-state index in [-0.39, 0.29) is 6.10 Å². The summed E-state index contributed by atoms with van der Waals surface area (Å²) in [5.41, 5.74) is 1.21. The monoisotopic (exact) mass is 290 g/mol. The molecular weight excluding hydrogens is 268 g/mol. The quantitative estimate of drug-likeness (QED) is 0.769. The summed E-state index contributed by atoms with van der Waals surface area (Å²) in [5.74, 6) is 0.321. The van der Waals surface area contributed by atoms with Crippen molar-refractivity contribution in [2.24, 2.45) is 5.92 Å². The van der Waals surface area contributed by atoms with Crippen LogP contribution < -0.4 is 5.32 Å². The number of aliphatic hydroxyl groups is 1. The van der Waals surface area contributed by atoms with Crippen LogP contribution in [0, 0.1) is 5.92 Å². The van der Waals surface area contributed by atoms with Crippen LogP contribution in [-0.4, -0.2) is 22.7 Å². The summed E-state index contributed by atoms with van der Waals surface area (Å²) in [7, 11) is 0. The normalized spacial score (nSPS) is 12.8. The predicted octanol–water partition coefficient (Wildman–Crippen LogP) is 3.31. The Morgan fingerprint density at radius 2 is 2.00 bits per heavy atom. The van der Waals surface area contributed by atoms with Gasteiger partial charge in [-0.05, 0) is 24.4 Å². The molecule has 1 atom stereocenters. The van der Waals surface area contributed by atoms with Crippen molar-refractivity contribution in [2.75, 3.05) is 6.54 Å². The summed E-state index contributed by atoms with van der Waals surface area (Å²) in [6, 6.07) is 10.3. The standard InChI is InChI=1S/C16H22N2OS/c1-12(2)14(19)8-9-17-11-16-18-10-15(20-16)13-6-4-3-5-7-13/h3-7,10,12,14,17,19H,8-9,11H2,1-2H3. The molecule has 20 heavy (non-hydrogen) atoms. The third-order valence-corrected chi connectivity index (χ3v) is 4.32. The van der Waals surface area contributed by atoms with Gasteiger partial charge in [-0.15, -0.1) is 11.3 Å². The molecular formula is C16H22N2OS. The maximum atomic E-state index is 9.72. The molecule has 0 bridgehead atoms. The molecule has 0 saturated carbocycles. The molecule has 1 heterocycles. The molecule has 3 nitrogen and oxygen atoms in total. The van der Waals surface area contributed by atoms with Crippen LogP contribution in [0.3, 0.4) is 0 Å². The van der Waals surface area contributed by atoms with E-state index in [9.17, 15) is 5.11 Å². The number of rotatable bonds is 7. The minimum absolute atomic E-state index is 0.223. The van der Waals surface area contributed by atoms with Crippen molar-refractivity contribution >= 4 is 11.3 Å². The van der Waals surface area contributed by atoms with Gasteiger partial charge >= 0.3 is 0 Å². The highest BCUT2D eigenvalue weighted by Gasteiger charge is 2.08. The minimum atomic E-state index is -0.223. The van der Waals surface area contributed by atoms with Crippen LogP contribution in [0.4, 0.5) is 0 Å². The van der Waals surface area contributed by atoms with Crippen molar-refractivity contribution in [1.29, 1.82) is 0 Å². The largest absolute Gasteiger partial charge is 0.393 e. The summed E-state index contributed by atoms with van der Waals surface area (Å²) in [6.45, 7) is 5.66. The van der Waals surface area contributed by atoms with Crippen molar-refractivity contribution < 1.29 is 5.11 Å². The second kappa shape index (κ2) is 7.53. The number of hydrogen-bond donors (Lipinski definition) is 2. The molecule has 108 valence electrons. The Hall–Kier alpha value is -1.23. The highest BCUT2D eigenvalue weighted by molar-refractivity contribution is 7.15. The minimum Gasteiger partial charge on any atom is -0.393 e. The van der Waals surface area contributed by atoms with E-state index in [1.165, 1.54) is 10.4 Å². The van der Waals surface area contributed by atoms with E-state index in [0.29, 0.717) is 5.92 Å². The van der Waals surface area contributed by atoms with Crippen LogP contribution in [0.1, 0.15) is 25.3 Å². The van der Waals surface area contributed by atoms with Gasteiger partial charge in [0.2, 0.25) is 0 Å². The van der Waals surface area contributed by atoms with E-state index >= 15 is 0 Å². The van der Waals surface area contributed by atoms with E-state index in [1.807, 2.05) is 38.2 Å². The molecule has 0 aliphatic rings. The van der Waals surface area contributed by atoms with Gasteiger partial charge in [-0.2, -0.15) is 0 Å². The number of nitrogens with one attached hydrogen (secondary N) is 1. The number of hydrogen-bond acceptors (Lipinski definition) is 4. The molecule has 0 saturated heterocycles. The molecule has 0 spiro atoms. The van der Waals surface area contributed by atoms with Crippen LogP contribution >= 0.6 is 11.3 Å². The fourth-order valence-corrected chi connectivity index (χ4v) is 2.80. The summed E-state index contributed by atoms with van der Waals surface area (Å²) >= 11 is 1.72. The highest BCUT2D eigenvalue weighted by atomic mass is 32.1. The molecule has 2 N–H and O–H groups in total. The molecule has 0 fully saturated rings. The van der Waals surface area contributed by atoms with E-state index in [1.54, 1.807) is 11.3 Å². The fraction of sp³-hybridized carbons (Fsp3) is 0.438. The molecule has 2 aromatic rings. The Bertz CT molecular complexity index is 510. The predicted molar refractivity (Wildman–Crippen MR) is 84.7 cm³/mol. The zero-order valence-corrected chi connectivity index (χ0v) is 12.9. The Morgan fingerprint density at radius 3 is 2.70 bits per heavy atom. The van der Waals surface area contributed by atoms with Crippen molar-refractivity contribution in [1.82, 2.24) is 10.3 Å². The number of aliphatic hydroxyl groups excluding tert-OH is 1. The van der Waals surface area contributed by atoms with Gasteiger partial charge in [-0.3, -0.25) is 0 Å². The molecule has 0 aliphatic heterocycles. The molecule has 2 rings (SSSR count). The second-order valence-electron chi connectivity index (χ2n) is 5.26. The van der Waals surface area contributed by atoms with Crippen molar-refractivity contribution in [3.05, 3.63) is 41.5 Å². The van der Waals surface area contributed by atoms with Gasteiger partial charge in [-0.25, -0.2) is 4.98 Å². The Morgan fingerprint density at radius 1 is 1.25 bits per heavy atom. The van der Waals surface area contributed by atoms with Crippen LogP contribution in [0.25, 0.3) is 10.4 Å². The Balaban J connectivity index is 1.79. The lowest BCUT2D eigenvalue weighted by Gasteiger charge is -2.13. The number of benzene rings is 1. The van der Waals surface area contributed by atoms with Gasteiger partial charge in [0.15, 0.2) is 0 Å². The Labute approximate surface area is 124 Å². The molecule has 0 radical (unpaired) electrons. The zero-order valence-electron chi connectivity index (χ0n) is 12.0. The lowest BCUT2D eigenvalue weighted by Crippen LogP contribution is -2.23. The molecule has 0 amide bonds. The van der Waals surface area contributed by atoms with E-state index in [4.69, 9.17) is 0 Å². The molecule has 1 aromatic heterocycles. The second-order valence-corrected chi connectivity index (χ2v) is 6.38. The van der Waals surface area contributed by atoms with Crippen molar-refractivity contribution in [2.45, 2.75) is 32.9 Å². The van der Waals surface area contributed by atoms with Crippen molar-refractivity contribution in [3.8, 4) is 10.4 Å². The summed E-state index contributed by atoms with van der Waals surface area (Å²) in [5, 5.41) is 14.1. The van der Waals surface area contributed by atoms with E-state index < -0.39 is 0 Å². The Kier molecular flexibility index (Phi) is 5.71. The van der Waals surface area contributed by atoms with Crippen LogP contribution in [0.5, 0.6) is 0 Å². The van der Waals surface area contributed by atoms with Crippen LogP contribution in [0.2, 0.25) is 0 Å². The van der Waals surface area contributed by atoms with Crippen molar-refractivity contribution in [3.63, 3.8) is 0 Å². The van der Waals surface area contributed by atoms with E-state index in [2.05, 4.69) is 22.4 Å². The SMILES string of the molecule is CC(C)C(O)CCNCc1ncc(-c2ccccc2)s1. The van der Waals surface area contributed by atoms with E-state index in [0.717, 1.165) is 24.5 Å². The molecule has 0 aliphatic carbocycles. The molecule has 1 aromatic carbocycles. The molecule has 4 heteroatoms. The van der Waals surface area contributed by atoms with Crippen LogP contribution in [-0.2, 0) is 6.54 Å². The maximum absolute atomic E-state index is 9.72. The third-order valence-electron chi connectivity index (χ3n) is 3.27. The van der Waals surface area contributed by atoms with Gasteiger partial charge in [0.1, 0.15) is 5.01 Å². The summed E-state index contributed by atoms with van der Waals surface area (Å²) < 4.78 is 0. The average Bonchev–Trinajstić information content (AvgIpc) is 2.93. The lowest BCUT2D eigenvalue weighted by molar-refractivity contribution is 0.116. The number of nitrogens with zero attached hydrogens (tertiary/aromatic N) is 1. The first kappa shape index (κ1) is 15.2. The fourth-order valence-electron chi connectivity index (χ4n) is 1.91. The van der Waals surface area contributed by atoms with Gasteiger partial charge < -0.3 is 10.4 Å². The number of aromatic nitrogens is 1. The number of thiazole rings is 1. The van der Waals surface area contributed by atoms with Gasteiger partial charge in [-0.1, -0.05) is 44.2 Å². The third kappa shape index (κ3) is 4.40. The first-order valence-corrected chi connectivity index (χ1v) is 7.87. The smallest absolute Gasteiger partial charge is 0.107 e. The summed E-state index contributed by atoms with van der Waals surface area (Å²) in [4.78, 5) is 5.64.